The molecule has 1 atom stereocenters. The normalized spacial score (nSPS) is 28.9. The lowest BCUT2D eigenvalue weighted by atomic mass is 9.73. The third-order valence-electron chi connectivity index (χ3n) is 4.40. The number of sulfonamides is 1. The van der Waals surface area contributed by atoms with Crippen LogP contribution in [0.3, 0.4) is 0 Å². The van der Waals surface area contributed by atoms with Gasteiger partial charge in [0, 0.05) is 5.56 Å². The van der Waals surface area contributed by atoms with Gasteiger partial charge < -0.3 is 0 Å². The van der Waals surface area contributed by atoms with Gasteiger partial charge in [0.15, 0.2) is 0 Å². The average Bonchev–Trinajstić information content (AvgIpc) is 2.64. The van der Waals surface area contributed by atoms with Gasteiger partial charge >= 0.3 is 0 Å². The van der Waals surface area contributed by atoms with Crippen LogP contribution in [0, 0.1) is 5.41 Å². The molecular weight excluding hydrogens is 272 g/mol. The zero-order chi connectivity index (χ0) is 14.4. The summed E-state index contributed by atoms with van der Waals surface area (Å²) in [5.41, 5.74) is 0.836. The van der Waals surface area contributed by atoms with Gasteiger partial charge in [0.05, 0.1) is 10.9 Å². The Kier molecular flexibility index (Phi) is 3.12. The van der Waals surface area contributed by atoms with Gasteiger partial charge in [-0.2, -0.15) is 0 Å². The highest BCUT2D eigenvalue weighted by molar-refractivity contribution is 7.90. The molecule has 108 valence electrons. The van der Waals surface area contributed by atoms with Crippen molar-refractivity contribution in [2.24, 2.45) is 10.4 Å². The van der Waals surface area contributed by atoms with Crippen LogP contribution < -0.4 is 4.72 Å². The van der Waals surface area contributed by atoms with Crippen LogP contribution in [0.15, 0.2) is 34.2 Å². The van der Waals surface area contributed by atoms with Crippen molar-refractivity contribution < 1.29 is 8.42 Å². The Morgan fingerprint density at radius 1 is 1.25 bits per heavy atom. The van der Waals surface area contributed by atoms with Crippen molar-refractivity contribution >= 4 is 15.9 Å². The predicted molar refractivity (Wildman–Crippen MR) is 79.3 cm³/mol. The summed E-state index contributed by atoms with van der Waals surface area (Å²) in [4.78, 5) is 5.09. The van der Waals surface area contributed by atoms with E-state index in [1.807, 2.05) is 12.1 Å². The molecule has 20 heavy (non-hydrogen) atoms. The summed E-state index contributed by atoms with van der Waals surface area (Å²) in [5.74, 6) is 0.514. The van der Waals surface area contributed by atoms with Crippen LogP contribution in [0.5, 0.6) is 0 Å². The fourth-order valence-corrected chi connectivity index (χ4v) is 4.34. The van der Waals surface area contributed by atoms with Crippen LogP contribution in [0.4, 0.5) is 0 Å². The second-order valence-corrected chi connectivity index (χ2v) is 7.98. The summed E-state index contributed by atoms with van der Waals surface area (Å²) in [7, 11) is -3.42. The van der Waals surface area contributed by atoms with Crippen LogP contribution in [0.1, 0.15) is 45.1 Å². The topological polar surface area (TPSA) is 58.5 Å². The van der Waals surface area contributed by atoms with E-state index in [9.17, 15) is 8.42 Å². The molecule has 0 aromatic heterocycles. The van der Waals surface area contributed by atoms with E-state index in [4.69, 9.17) is 4.99 Å². The van der Waals surface area contributed by atoms with Crippen LogP contribution in [0.2, 0.25) is 0 Å². The molecule has 1 aromatic carbocycles. The molecule has 0 bridgehead atoms. The van der Waals surface area contributed by atoms with Gasteiger partial charge in [0.25, 0.3) is 10.0 Å². The Labute approximate surface area is 120 Å². The van der Waals surface area contributed by atoms with Gasteiger partial charge in [0.2, 0.25) is 0 Å². The number of benzene rings is 1. The van der Waals surface area contributed by atoms with Crippen molar-refractivity contribution in [3.8, 4) is 0 Å². The Hall–Kier alpha value is -1.36. The van der Waals surface area contributed by atoms with E-state index in [-0.39, 0.29) is 11.5 Å². The Morgan fingerprint density at radius 3 is 2.75 bits per heavy atom. The number of amidine groups is 1. The van der Waals surface area contributed by atoms with Crippen molar-refractivity contribution in [1.29, 1.82) is 0 Å². The minimum atomic E-state index is -3.42. The highest BCUT2D eigenvalue weighted by Gasteiger charge is 2.35. The Morgan fingerprint density at radius 2 is 2.00 bits per heavy atom. The average molecular weight is 292 g/mol. The van der Waals surface area contributed by atoms with Gasteiger partial charge in [-0.3, -0.25) is 9.71 Å². The predicted octanol–water partition coefficient (Wildman–Crippen LogP) is 2.69. The van der Waals surface area contributed by atoms with E-state index in [0.717, 1.165) is 12.8 Å². The lowest BCUT2D eigenvalue weighted by Crippen LogP contribution is -2.34. The van der Waals surface area contributed by atoms with Crippen molar-refractivity contribution in [3.63, 3.8) is 0 Å². The minimum absolute atomic E-state index is 0.133. The fourth-order valence-electron chi connectivity index (χ4n) is 3.10. The zero-order valence-electron chi connectivity index (χ0n) is 11.9. The van der Waals surface area contributed by atoms with Gasteiger partial charge in [-0.05, 0) is 30.4 Å². The smallest absolute Gasteiger partial charge is 0.263 e. The molecular formula is C15H20N2O2S. The van der Waals surface area contributed by atoms with E-state index in [0.29, 0.717) is 16.3 Å². The first kappa shape index (κ1) is 13.6. The maximum absolute atomic E-state index is 12.1. The molecule has 1 aliphatic carbocycles. The van der Waals surface area contributed by atoms with Crippen molar-refractivity contribution in [2.45, 2.75) is 50.5 Å². The molecule has 1 saturated carbocycles. The molecule has 0 radical (unpaired) electrons. The highest BCUT2D eigenvalue weighted by atomic mass is 32.2. The van der Waals surface area contributed by atoms with E-state index >= 15 is 0 Å². The lowest BCUT2D eigenvalue weighted by molar-refractivity contribution is 0.204. The Balaban J connectivity index is 2.02. The van der Waals surface area contributed by atoms with Gasteiger partial charge in [-0.1, -0.05) is 38.8 Å². The standard InChI is InChI=1S/C15H20N2O2S/c1-15(2)10-6-5-9-13(15)16-14-11-7-3-4-8-12(11)20(18,19)17-14/h3-4,7-8,13H,5-6,9-10H2,1-2H3,(H,16,17). The third-order valence-corrected chi connectivity index (χ3v) is 5.80. The first-order valence-corrected chi connectivity index (χ1v) is 8.58. The van der Waals surface area contributed by atoms with E-state index in [2.05, 4.69) is 18.6 Å². The molecule has 4 nitrogen and oxygen atoms in total. The molecule has 1 unspecified atom stereocenters. The number of hydrogen-bond donors (Lipinski definition) is 1. The summed E-state index contributed by atoms with van der Waals surface area (Å²) >= 11 is 0. The van der Waals surface area contributed by atoms with Crippen LogP contribution in [0.25, 0.3) is 0 Å². The largest absolute Gasteiger partial charge is 0.263 e. The van der Waals surface area contributed by atoms with Crippen LogP contribution in [-0.4, -0.2) is 20.3 Å². The summed E-state index contributed by atoms with van der Waals surface area (Å²) in [6, 6.07) is 7.22. The van der Waals surface area contributed by atoms with Crippen LogP contribution >= 0.6 is 0 Å². The maximum Gasteiger partial charge on any atom is 0.263 e. The second kappa shape index (κ2) is 4.58. The van der Waals surface area contributed by atoms with E-state index < -0.39 is 10.0 Å². The minimum Gasteiger partial charge on any atom is -0.263 e. The van der Waals surface area contributed by atoms with Gasteiger partial charge in [0.1, 0.15) is 5.84 Å². The first-order valence-electron chi connectivity index (χ1n) is 7.10. The summed E-state index contributed by atoms with van der Waals surface area (Å²) in [5, 5.41) is 0. The number of aliphatic imine (C=N–C) groups is 1. The molecule has 1 aromatic rings. The summed E-state index contributed by atoms with van der Waals surface area (Å²) < 4.78 is 26.8. The molecule has 1 aliphatic heterocycles. The molecule has 1 fully saturated rings. The SMILES string of the molecule is CC1(C)CCCCC1N=C1NS(=O)(=O)c2ccccc21. The molecule has 0 saturated heterocycles. The summed E-state index contributed by atoms with van der Waals surface area (Å²) in [6.07, 6.45) is 4.57. The fraction of sp³-hybridized carbons (Fsp3) is 0.533. The number of fused-ring (bicyclic) bond motifs is 1. The number of nitrogens with one attached hydrogen (secondary N) is 1. The Bertz CT molecular complexity index is 662. The highest BCUT2D eigenvalue weighted by Crippen LogP contribution is 2.38. The molecule has 0 amide bonds. The summed E-state index contributed by atoms with van der Waals surface area (Å²) in [6.45, 7) is 4.44. The number of nitrogens with zero attached hydrogens (tertiary/aromatic N) is 1. The van der Waals surface area contributed by atoms with E-state index in [1.165, 1.54) is 12.8 Å². The molecule has 0 spiro atoms. The van der Waals surface area contributed by atoms with Crippen molar-refractivity contribution in [2.75, 3.05) is 0 Å². The van der Waals surface area contributed by atoms with Gasteiger partial charge in [-0.15, -0.1) is 0 Å². The van der Waals surface area contributed by atoms with Gasteiger partial charge in [-0.25, -0.2) is 8.42 Å². The molecule has 1 heterocycles. The third kappa shape index (κ3) is 2.24. The number of rotatable bonds is 1. The zero-order valence-corrected chi connectivity index (χ0v) is 12.7. The number of hydrogen-bond acceptors (Lipinski definition) is 3. The molecule has 5 heteroatoms. The van der Waals surface area contributed by atoms with Crippen molar-refractivity contribution in [1.82, 2.24) is 4.72 Å². The molecule has 1 N–H and O–H groups in total. The van der Waals surface area contributed by atoms with Crippen LogP contribution in [-0.2, 0) is 10.0 Å². The quantitative estimate of drug-likeness (QED) is 0.865. The lowest BCUT2D eigenvalue weighted by Gasteiger charge is -2.36. The first-order chi connectivity index (χ1) is 9.40. The van der Waals surface area contributed by atoms with Crippen molar-refractivity contribution in [3.05, 3.63) is 29.8 Å². The van der Waals surface area contributed by atoms with E-state index in [1.54, 1.807) is 12.1 Å². The molecule has 3 rings (SSSR count). The monoisotopic (exact) mass is 292 g/mol. The maximum atomic E-state index is 12.1. The second-order valence-electron chi connectivity index (χ2n) is 6.33. The molecule has 2 aliphatic rings.